The molecule has 0 bridgehead atoms. The summed E-state index contributed by atoms with van der Waals surface area (Å²) >= 11 is 0. The van der Waals surface area contributed by atoms with Gasteiger partial charge in [0.05, 0.1) is 0 Å². The van der Waals surface area contributed by atoms with Crippen LogP contribution >= 0.6 is 0 Å². The van der Waals surface area contributed by atoms with E-state index in [2.05, 4.69) is 15.3 Å². The van der Waals surface area contributed by atoms with E-state index in [1.807, 2.05) is 22.9 Å². The van der Waals surface area contributed by atoms with Crippen LogP contribution in [-0.4, -0.2) is 33.2 Å². The molecule has 1 N–H and O–H groups in total. The second-order valence-corrected chi connectivity index (χ2v) is 5.94. The first-order valence-electron chi connectivity index (χ1n) is 8.00. The van der Waals surface area contributed by atoms with Crippen molar-refractivity contribution in [2.24, 2.45) is 0 Å². The SMILES string of the molecule is COC1(C(=O)NCc2ccc(-n3ccnc3)nc2)CCCCC1. The number of imidazole rings is 1. The van der Waals surface area contributed by atoms with Crippen molar-refractivity contribution in [2.75, 3.05) is 7.11 Å². The van der Waals surface area contributed by atoms with Crippen molar-refractivity contribution in [1.29, 1.82) is 0 Å². The first kappa shape index (κ1) is 15.7. The summed E-state index contributed by atoms with van der Waals surface area (Å²) in [6.07, 6.45) is 11.9. The number of methoxy groups -OCH3 is 1. The Morgan fingerprint density at radius 3 is 2.78 bits per heavy atom. The van der Waals surface area contributed by atoms with Crippen molar-refractivity contribution in [2.45, 2.75) is 44.2 Å². The highest BCUT2D eigenvalue weighted by Crippen LogP contribution is 2.31. The zero-order chi connectivity index (χ0) is 16.1. The van der Waals surface area contributed by atoms with Crippen molar-refractivity contribution >= 4 is 5.91 Å². The van der Waals surface area contributed by atoms with Crippen LogP contribution < -0.4 is 5.32 Å². The van der Waals surface area contributed by atoms with E-state index in [9.17, 15) is 4.79 Å². The standard InChI is InChI=1S/C17H22N4O2/c1-23-17(7-3-2-4-8-17)16(22)20-12-14-5-6-15(19-11-14)21-10-9-18-13-21/h5-6,9-11,13H,2-4,7-8,12H2,1H3,(H,20,22). The molecule has 6 nitrogen and oxygen atoms in total. The molecule has 2 heterocycles. The van der Waals surface area contributed by atoms with E-state index < -0.39 is 5.60 Å². The monoisotopic (exact) mass is 314 g/mol. The molecule has 122 valence electrons. The quantitative estimate of drug-likeness (QED) is 0.919. The highest BCUT2D eigenvalue weighted by atomic mass is 16.5. The Kier molecular flexibility index (Phi) is 4.71. The van der Waals surface area contributed by atoms with Gasteiger partial charge in [-0.05, 0) is 24.5 Å². The van der Waals surface area contributed by atoms with E-state index in [1.54, 1.807) is 25.8 Å². The fraction of sp³-hybridized carbons (Fsp3) is 0.471. The summed E-state index contributed by atoms with van der Waals surface area (Å²) in [6, 6.07) is 3.87. The molecule has 0 aromatic carbocycles. The Morgan fingerprint density at radius 1 is 1.35 bits per heavy atom. The van der Waals surface area contributed by atoms with Crippen LogP contribution in [0.25, 0.3) is 5.82 Å². The maximum atomic E-state index is 12.5. The van der Waals surface area contributed by atoms with Gasteiger partial charge < -0.3 is 10.1 Å². The van der Waals surface area contributed by atoms with Crippen molar-refractivity contribution < 1.29 is 9.53 Å². The molecule has 1 amide bonds. The molecule has 2 aromatic heterocycles. The topological polar surface area (TPSA) is 69.0 Å². The van der Waals surface area contributed by atoms with E-state index in [0.717, 1.165) is 37.1 Å². The van der Waals surface area contributed by atoms with Gasteiger partial charge in [-0.2, -0.15) is 0 Å². The second-order valence-electron chi connectivity index (χ2n) is 5.94. The molecule has 1 saturated carbocycles. The smallest absolute Gasteiger partial charge is 0.252 e. The number of carbonyl (C=O) groups excluding carboxylic acids is 1. The van der Waals surface area contributed by atoms with Gasteiger partial charge in [-0.25, -0.2) is 9.97 Å². The van der Waals surface area contributed by atoms with E-state index >= 15 is 0 Å². The Labute approximate surface area is 135 Å². The van der Waals surface area contributed by atoms with Gasteiger partial charge in [0.15, 0.2) is 0 Å². The number of aromatic nitrogens is 3. The minimum absolute atomic E-state index is 0.0154. The second kappa shape index (κ2) is 6.91. The minimum Gasteiger partial charge on any atom is -0.368 e. The van der Waals surface area contributed by atoms with E-state index in [1.165, 1.54) is 6.42 Å². The predicted molar refractivity (Wildman–Crippen MR) is 86.0 cm³/mol. The van der Waals surface area contributed by atoms with Crippen molar-refractivity contribution in [1.82, 2.24) is 19.9 Å². The molecular formula is C17H22N4O2. The number of nitrogens with one attached hydrogen (secondary N) is 1. The fourth-order valence-electron chi connectivity index (χ4n) is 3.06. The van der Waals surface area contributed by atoms with Gasteiger partial charge >= 0.3 is 0 Å². The van der Waals surface area contributed by atoms with Crippen molar-refractivity contribution in [3.63, 3.8) is 0 Å². The number of hydrogen-bond acceptors (Lipinski definition) is 4. The van der Waals surface area contributed by atoms with Crippen LogP contribution in [0.2, 0.25) is 0 Å². The lowest BCUT2D eigenvalue weighted by Crippen LogP contribution is -2.49. The lowest BCUT2D eigenvalue weighted by molar-refractivity contribution is -0.147. The minimum atomic E-state index is -0.650. The third-order valence-corrected chi connectivity index (χ3v) is 4.50. The Balaban J connectivity index is 1.60. The molecule has 0 aliphatic heterocycles. The third kappa shape index (κ3) is 3.42. The first-order valence-corrected chi connectivity index (χ1v) is 8.00. The predicted octanol–water partition coefficient (Wildman–Crippen LogP) is 2.23. The summed E-state index contributed by atoms with van der Waals surface area (Å²) < 4.78 is 7.40. The molecular weight excluding hydrogens is 292 g/mol. The van der Waals surface area contributed by atoms with Gasteiger partial charge in [0.2, 0.25) is 0 Å². The lowest BCUT2D eigenvalue weighted by atomic mass is 9.84. The normalized spacial score (nSPS) is 16.9. The van der Waals surface area contributed by atoms with Crippen LogP contribution in [0.15, 0.2) is 37.1 Å². The van der Waals surface area contributed by atoms with Gasteiger partial charge in [-0.1, -0.05) is 25.3 Å². The van der Waals surface area contributed by atoms with Crippen LogP contribution in [0, 0.1) is 0 Å². The Bertz CT molecular complexity index is 631. The van der Waals surface area contributed by atoms with Crippen LogP contribution in [-0.2, 0) is 16.1 Å². The summed E-state index contributed by atoms with van der Waals surface area (Å²) in [4.78, 5) is 20.9. The summed E-state index contributed by atoms with van der Waals surface area (Å²) in [5, 5.41) is 2.99. The van der Waals surface area contributed by atoms with E-state index in [4.69, 9.17) is 4.74 Å². The molecule has 1 fully saturated rings. The average molecular weight is 314 g/mol. The Morgan fingerprint density at radius 2 is 2.17 bits per heavy atom. The zero-order valence-electron chi connectivity index (χ0n) is 13.4. The number of rotatable bonds is 5. The van der Waals surface area contributed by atoms with Gasteiger partial charge in [0.1, 0.15) is 17.7 Å². The number of amides is 1. The van der Waals surface area contributed by atoms with Gasteiger partial charge in [-0.15, -0.1) is 0 Å². The van der Waals surface area contributed by atoms with Crippen molar-refractivity contribution in [3.8, 4) is 5.82 Å². The first-order chi connectivity index (χ1) is 11.2. The number of ether oxygens (including phenoxy) is 1. The molecule has 1 aliphatic rings. The summed E-state index contributed by atoms with van der Waals surface area (Å²) in [6.45, 7) is 0.459. The highest BCUT2D eigenvalue weighted by Gasteiger charge is 2.39. The summed E-state index contributed by atoms with van der Waals surface area (Å²) in [7, 11) is 1.63. The molecule has 0 saturated heterocycles. The number of hydrogen-bond donors (Lipinski definition) is 1. The molecule has 23 heavy (non-hydrogen) atoms. The largest absolute Gasteiger partial charge is 0.368 e. The fourth-order valence-corrected chi connectivity index (χ4v) is 3.06. The molecule has 0 radical (unpaired) electrons. The van der Waals surface area contributed by atoms with Gasteiger partial charge in [-0.3, -0.25) is 9.36 Å². The summed E-state index contributed by atoms with van der Waals surface area (Å²) in [5.41, 5.74) is 0.312. The van der Waals surface area contributed by atoms with Crippen LogP contribution in [0.4, 0.5) is 0 Å². The molecule has 0 atom stereocenters. The number of nitrogens with zero attached hydrogens (tertiary/aromatic N) is 3. The maximum Gasteiger partial charge on any atom is 0.252 e. The summed E-state index contributed by atoms with van der Waals surface area (Å²) in [5.74, 6) is 0.789. The van der Waals surface area contributed by atoms with Crippen LogP contribution in [0.1, 0.15) is 37.7 Å². The molecule has 2 aromatic rings. The average Bonchev–Trinajstić information content (AvgIpc) is 3.15. The highest BCUT2D eigenvalue weighted by molar-refractivity contribution is 5.85. The van der Waals surface area contributed by atoms with Crippen molar-refractivity contribution in [3.05, 3.63) is 42.6 Å². The molecule has 6 heteroatoms. The van der Waals surface area contributed by atoms with Gasteiger partial charge in [0, 0.05) is 32.2 Å². The van der Waals surface area contributed by atoms with Crippen LogP contribution in [0.5, 0.6) is 0 Å². The molecule has 3 rings (SSSR count). The maximum absolute atomic E-state index is 12.5. The van der Waals surface area contributed by atoms with E-state index in [0.29, 0.717) is 6.54 Å². The lowest BCUT2D eigenvalue weighted by Gasteiger charge is -2.34. The van der Waals surface area contributed by atoms with Gasteiger partial charge in [0.25, 0.3) is 5.91 Å². The molecule has 1 aliphatic carbocycles. The number of carbonyl (C=O) groups is 1. The third-order valence-electron chi connectivity index (χ3n) is 4.50. The number of pyridine rings is 1. The molecule has 0 spiro atoms. The zero-order valence-corrected chi connectivity index (χ0v) is 13.4. The van der Waals surface area contributed by atoms with Crippen LogP contribution in [0.3, 0.4) is 0 Å². The molecule has 0 unspecified atom stereocenters. The van der Waals surface area contributed by atoms with E-state index in [-0.39, 0.29) is 5.91 Å². The Hall–Kier alpha value is -2.21.